The Hall–Kier alpha value is -6.97. The van der Waals surface area contributed by atoms with E-state index in [1.807, 2.05) is 158 Å². The summed E-state index contributed by atoms with van der Waals surface area (Å²) in [7, 11) is 0. The van der Waals surface area contributed by atoms with Crippen LogP contribution in [0, 0.1) is 0 Å². The van der Waals surface area contributed by atoms with Gasteiger partial charge < -0.3 is 9.47 Å². The highest BCUT2D eigenvalue weighted by Crippen LogP contribution is 2.47. The fourth-order valence-corrected chi connectivity index (χ4v) is 6.85. The molecule has 0 N–H and O–H groups in total. The van der Waals surface area contributed by atoms with Gasteiger partial charge in [0.2, 0.25) is 0 Å². The predicted molar refractivity (Wildman–Crippen MR) is 212 cm³/mol. The topological polar surface area (TPSA) is 35.5 Å². The Morgan fingerprint density at radius 2 is 0.519 bits per heavy atom. The van der Waals surface area contributed by atoms with Crippen LogP contribution in [0.5, 0.6) is 11.5 Å². The van der Waals surface area contributed by atoms with Crippen molar-refractivity contribution < 1.29 is 14.3 Å². The standard InChI is InChI=1S/C49H34O3/c50-49(51-43-33-31-41(35-19-7-1-8-20-35)45(37-23-11-3-12-24-37)47(43)39-27-15-5-16-28-39)52-44-34-32-42(36-21-9-2-10-22-36)46(38-25-13-4-14-26-38)48(44)40-29-17-6-18-30-40/h1-34H. The van der Waals surface area contributed by atoms with Gasteiger partial charge in [0.15, 0.2) is 0 Å². The molecule has 0 bridgehead atoms. The quantitative estimate of drug-likeness (QED) is 0.119. The first-order valence-electron chi connectivity index (χ1n) is 17.3. The van der Waals surface area contributed by atoms with Gasteiger partial charge in [-0.15, -0.1) is 0 Å². The van der Waals surface area contributed by atoms with Crippen molar-refractivity contribution in [3.05, 3.63) is 206 Å². The van der Waals surface area contributed by atoms with Crippen LogP contribution in [-0.4, -0.2) is 6.16 Å². The highest BCUT2D eigenvalue weighted by atomic mass is 16.7. The van der Waals surface area contributed by atoms with Crippen molar-refractivity contribution in [2.75, 3.05) is 0 Å². The van der Waals surface area contributed by atoms with Crippen molar-refractivity contribution in [2.45, 2.75) is 0 Å². The minimum absolute atomic E-state index is 0.403. The van der Waals surface area contributed by atoms with Crippen LogP contribution in [0.3, 0.4) is 0 Å². The molecular weight excluding hydrogens is 637 g/mol. The third-order valence-corrected chi connectivity index (χ3v) is 9.14. The number of hydrogen-bond donors (Lipinski definition) is 0. The van der Waals surface area contributed by atoms with E-state index in [0.29, 0.717) is 11.5 Å². The Balaban J connectivity index is 1.27. The molecule has 3 heteroatoms. The molecule has 0 unspecified atom stereocenters. The molecule has 0 radical (unpaired) electrons. The molecule has 0 aromatic heterocycles. The Morgan fingerprint density at radius 1 is 0.269 bits per heavy atom. The predicted octanol–water partition coefficient (Wildman–Crippen LogP) is 13.3. The van der Waals surface area contributed by atoms with Crippen LogP contribution in [0.2, 0.25) is 0 Å². The summed E-state index contributed by atoms with van der Waals surface area (Å²) in [6, 6.07) is 68.8. The molecule has 0 heterocycles. The van der Waals surface area contributed by atoms with Crippen LogP contribution in [0.4, 0.5) is 4.79 Å². The maximum absolute atomic E-state index is 14.1. The zero-order valence-electron chi connectivity index (χ0n) is 28.4. The van der Waals surface area contributed by atoms with Gasteiger partial charge in [-0.05, 0) is 56.6 Å². The monoisotopic (exact) mass is 670 g/mol. The summed E-state index contributed by atoms with van der Waals surface area (Å²) in [5, 5.41) is 0. The van der Waals surface area contributed by atoms with Gasteiger partial charge in [-0.2, -0.15) is 0 Å². The van der Waals surface area contributed by atoms with Gasteiger partial charge in [0.25, 0.3) is 0 Å². The molecule has 52 heavy (non-hydrogen) atoms. The van der Waals surface area contributed by atoms with Crippen LogP contribution in [-0.2, 0) is 0 Å². The number of ether oxygens (including phenoxy) is 2. The number of carbonyl (C=O) groups excluding carboxylic acids is 1. The van der Waals surface area contributed by atoms with E-state index in [0.717, 1.165) is 66.8 Å². The molecule has 0 atom stereocenters. The summed E-state index contributed by atoms with van der Waals surface area (Å²) in [5.41, 5.74) is 11.6. The SMILES string of the molecule is O=C(Oc1ccc(-c2ccccc2)c(-c2ccccc2)c1-c1ccccc1)Oc1ccc(-c2ccccc2)c(-c2ccccc2)c1-c1ccccc1. The molecule has 0 saturated carbocycles. The Labute approximate surface area is 304 Å². The molecule has 0 amide bonds. The van der Waals surface area contributed by atoms with Crippen molar-refractivity contribution in [1.29, 1.82) is 0 Å². The summed E-state index contributed by atoms with van der Waals surface area (Å²) in [6.45, 7) is 0. The van der Waals surface area contributed by atoms with E-state index in [1.165, 1.54) is 0 Å². The third-order valence-electron chi connectivity index (χ3n) is 9.14. The lowest BCUT2D eigenvalue weighted by atomic mass is 9.87. The molecule has 0 aliphatic carbocycles. The first-order chi connectivity index (χ1) is 25.7. The molecule has 3 nitrogen and oxygen atoms in total. The molecule has 8 rings (SSSR count). The number of carbonyl (C=O) groups is 1. The molecule has 0 saturated heterocycles. The van der Waals surface area contributed by atoms with E-state index in [4.69, 9.17) is 9.47 Å². The largest absolute Gasteiger partial charge is 0.519 e. The average molecular weight is 671 g/mol. The van der Waals surface area contributed by atoms with E-state index in [2.05, 4.69) is 48.5 Å². The second-order valence-corrected chi connectivity index (χ2v) is 12.4. The lowest BCUT2D eigenvalue weighted by molar-refractivity contribution is 0.152. The van der Waals surface area contributed by atoms with Crippen molar-refractivity contribution in [2.24, 2.45) is 0 Å². The van der Waals surface area contributed by atoms with Gasteiger partial charge in [-0.25, -0.2) is 4.79 Å². The fraction of sp³-hybridized carbons (Fsp3) is 0. The smallest absolute Gasteiger partial charge is 0.394 e. The minimum Gasteiger partial charge on any atom is -0.394 e. The Bertz CT molecular complexity index is 2250. The Kier molecular flexibility index (Phi) is 9.22. The fourth-order valence-electron chi connectivity index (χ4n) is 6.85. The summed E-state index contributed by atoms with van der Waals surface area (Å²) in [4.78, 5) is 14.1. The normalized spacial score (nSPS) is 10.8. The second-order valence-electron chi connectivity index (χ2n) is 12.4. The van der Waals surface area contributed by atoms with E-state index in [1.54, 1.807) is 0 Å². The highest BCUT2D eigenvalue weighted by Gasteiger charge is 2.24. The Morgan fingerprint density at radius 3 is 0.808 bits per heavy atom. The molecule has 8 aromatic carbocycles. The van der Waals surface area contributed by atoms with Crippen LogP contribution in [0.25, 0.3) is 66.8 Å². The van der Waals surface area contributed by atoms with Gasteiger partial charge in [0.1, 0.15) is 11.5 Å². The molecule has 0 aliphatic heterocycles. The zero-order valence-corrected chi connectivity index (χ0v) is 28.4. The van der Waals surface area contributed by atoms with Crippen molar-refractivity contribution >= 4 is 6.16 Å². The molecule has 0 fully saturated rings. The zero-order chi connectivity index (χ0) is 35.1. The van der Waals surface area contributed by atoms with Gasteiger partial charge in [0.05, 0.1) is 0 Å². The van der Waals surface area contributed by atoms with E-state index >= 15 is 0 Å². The lowest BCUT2D eigenvalue weighted by Crippen LogP contribution is -2.15. The van der Waals surface area contributed by atoms with E-state index in [9.17, 15) is 4.79 Å². The van der Waals surface area contributed by atoms with E-state index < -0.39 is 6.16 Å². The average Bonchev–Trinajstić information content (AvgIpc) is 3.22. The van der Waals surface area contributed by atoms with Crippen LogP contribution in [0.15, 0.2) is 206 Å². The summed E-state index contributed by atoms with van der Waals surface area (Å²) >= 11 is 0. The first kappa shape index (κ1) is 32.2. The summed E-state index contributed by atoms with van der Waals surface area (Å²) in [6.07, 6.45) is -0.827. The van der Waals surface area contributed by atoms with Crippen LogP contribution < -0.4 is 9.47 Å². The maximum atomic E-state index is 14.1. The molecule has 0 aliphatic rings. The first-order valence-corrected chi connectivity index (χ1v) is 17.3. The molecular formula is C49H34O3. The second kappa shape index (κ2) is 14.9. The van der Waals surface area contributed by atoms with Crippen molar-refractivity contribution in [3.8, 4) is 78.3 Å². The number of hydrogen-bond acceptors (Lipinski definition) is 3. The third kappa shape index (κ3) is 6.64. The van der Waals surface area contributed by atoms with Crippen molar-refractivity contribution in [1.82, 2.24) is 0 Å². The van der Waals surface area contributed by atoms with Crippen LogP contribution >= 0.6 is 0 Å². The van der Waals surface area contributed by atoms with E-state index in [-0.39, 0.29) is 0 Å². The molecule has 8 aromatic rings. The number of benzene rings is 8. The highest BCUT2D eigenvalue weighted by molar-refractivity contribution is 5.99. The van der Waals surface area contributed by atoms with Gasteiger partial charge in [-0.1, -0.05) is 194 Å². The minimum atomic E-state index is -0.827. The molecule has 248 valence electrons. The molecule has 0 spiro atoms. The van der Waals surface area contributed by atoms with Gasteiger partial charge in [-0.3, -0.25) is 0 Å². The summed E-state index contributed by atoms with van der Waals surface area (Å²) < 4.78 is 12.5. The van der Waals surface area contributed by atoms with Crippen molar-refractivity contribution in [3.63, 3.8) is 0 Å². The maximum Gasteiger partial charge on any atom is 0.519 e. The van der Waals surface area contributed by atoms with Gasteiger partial charge in [0, 0.05) is 22.3 Å². The summed E-state index contributed by atoms with van der Waals surface area (Å²) in [5.74, 6) is 0.806. The van der Waals surface area contributed by atoms with Gasteiger partial charge >= 0.3 is 6.16 Å². The van der Waals surface area contributed by atoms with Crippen LogP contribution in [0.1, 0.15) is 0 Å². The number of rotatable bonds is 8. The lowest BCUT2D eigenvalue weighted by Gasteiger charge is -2.21.